The molecule has 0 radical (unpaired) electrons. The topological polar surface area (TPSA) is 91.8 Å². The smallest absolute Gasteiger partial charge is 0.223 e. The highest BCUT2D eigenvalue weighted by molar-refractivity contribution is 5.80. The van der Waals surface area contributed by atoms with Crippen molar-refractivity contribution in [3.05, 3.63) is 59.7 Å². The van der Waals surface area contributed by atoms with Crippen molar-refractivity contribution in [2.75, 3.05) is 6.54 Å². The molecule has 1 aromatic carbocycles. The van der Waals surface area contributed by atoms with E-state index in [9.17, 15) is 9.59 Å². The molecule has 170 valence electrons. The summed E-state index contributed by atoms with van der Waals surface area (Å²) in [6, 6.07) is 7.34. The summed E-state index contributed by atoms with van der Waals surface area (Å²) in [6.45, 7) is 8.30. The number of benzene rings is 1. The lowest BCUT2D eigenvalue weighted by Gasteiger charge is -2.31. The van der Waals surface area contributed by atoms with Crippen LogP contribution >= 0.6 is 0 Å². The Morgan fingerprint density at radius 1 is 1.25 bits per heavy atom. The van der Waals surface area contributed by atoms with Crippen LogP contribution in [0.5, 0.6) is 0 Å². The molecule has 7 nitrogen and oxygen atoms in total. The number of rotatable bonds is 12. The molecule has 7 heteroatoms. The minimum atomic E-state index is -0.448. The molecular formula is C25H33N5O2. The lowest BCUT2D eigenvalue weighted by atomic mass is 10.0. The summed E-state index contributed by atoms with van der Waals surface area (Å²) in [7, 11) is 0. The maximum absolute atomic E-state index is 12.9. The number of hydrogen-bond donors (Lipinski definition) is 1. The zero-order chi connectivity index (χ0) is 23.3. The molecular weight excluding hydrogens is 402 g/mol. The number of carbonyl (C=O) groups is 2. The predicted molar refractivity (Wildman–Crippen MR) is 127 cm³/mol. The Kier molecular flexibility index (Phi) is 10.2. The molecule has 1 heterocycles. The molecule has 1 N–H and O–H groups in total. The number of H-pyrrole nitrogens is 1. The van der Waals surface area contributed by atoms with Crippen LogP contribution < -0.4 is 0 Å². The first-order chi connectivity index (χ1) is 15.5. The van der Waals surface area contributed by atoms with Crippen molar-refractivity contribution >= 4 is 18.3 Å². The van der Waals surface area contributed by atoms with E-state index < -0.39 is 6.04 Å². The van der Waals surface area contributed by atoms with Gasteiger partial charge in [0.25, 0.3) is 0 Å². The number of aromatic amines is 1. The molecule has 0 aliphatic heterocycles. The van der Waals surface area contributed by atoms with E-state index in [1.165, 1.54) is 0 Å². The third-order valence-electron chi connectivity index (χ3n) is 5.11. The van der Waals surface area contributed by atoms with Gasteiger partial charge >= 0.3 is 0 Å². The second-order valence-corrected chi connectivity index (χ2v) is 7.92. The second-order valence-electron chi connectivity index (χ2n) is 7.92. The molecule has 1 aromatic heterocycles. The molecule has 1 unspecified atom stereocenters. The summed E-state index contributed by atoms with van der Waals surface area (Å²) in [4.78, 5) is 26.4. The summed E-state index contributed by atoms with van der Waals surface area (Å²) < 4.78 is 0. The number of hydrogen-bond acceptors (Lipinski definition) is 5. The summed E-state index contributed by atoms with van der Waals surface area (Å²) in [6.07, 6.45) is 12.9. The van der Waals surface area contributed by atoms with Gasteiger partial charge in [0.1, 0.15) is 6.29 Å². The number of nitrogens with zero attached hydrogens (tertiary/aromatic N) is 4. The highest BCUT2D eigenvalue weighted by Gasteiger charge is 2.25. The van der Waals surface area contributed by atoms with Gasteiger partial charge in [0.05, 0.1) is 6.04 Å². The molecule has 1 atom stereocenters. The lowest BCUT2D eigenvalue weighted by Crippen LogP contribution is -2.45. The summed E-state index contributed by atoms with van der Waals surface area (Å²) in [5.74, 6) is 0.586. The number of unbranched alkanes of at least 4 members (excludes halogenated alkanes) is 1. The molecule has 2 aromatic rings. The molecule has 0 saturated heterocycles. The van der Waals surface area contributed by atoms with Gasteiger partial charge in [-0.2, -0.15) is 5.21 Å². The van der Waals surface area contributed by atoms with E-state index in [4.69, 9.17) is 0 Å². The number of carbonyl (C=O) groups excluding carboxylic acids is 2. The number of nitrogens with one attached hydrogen (secondary N) is 1. The molecule has 0 aliphatic carbocycles. The van der Waals surface area contributed by atoms with Crippen LogP contribution in [0.2, 0.25) is 0 Å². The second kappa shape index (κ2) is 13.1. The molecule has 2 rings (SSSR count). The Balaban J connectivity index is 2.29. The quantitative estimate of drug-likeness (QED) is 0.388. The summed E-state index contributed by atoms with van der Waals surface area (Å²) >= 11 is 0. The Morgan fingerprint density at radius 3 is 2.66 bits per heavy atom. The average Bonchev–Trinajstić information content (AvgIpc) is 3.32. The standard InChI is InChI=1S/C25H33N5O2/c1-5-7-16-24(32)30(23(18-31)19(3)4)17-20(11-6-2)12-10-14-21-13-8-9-15-22(21)25-26-28-29-27-25/h6,8-15,18-19,23H,5,7,16-17H2,1-4H3,(H,26,27,28,29)/b11-6-,14-10+,20-12+. The zero-order valence-electron chi connectivity index (χ0n) is 19.4. The van der Waals surface area contributed by atoms with Crippen LogP contribution in [0, 0.1) is 5.92 Å². The van der Waals surface area contributed by atoms with Crippen molar-refractivity contribution in [2.24, 2.45) is 5.92 Å². The first kappa shape index (κ1) is 24.9. The number of tetrazole rings is 1. The van der Waals surface area contributed by atoms with Crippen LogP contribution in [-0.2, 0) is 9.59 Å². The average molecular weight is 436 g/mol. The number of amides is 1. The normalized spacial score (nSPS) is 13.2. The molecule has 0 bridgehead atoms. The number of allylic oxidation sites excluding steroid dienone is 3. The summed E-state index contributed by atoms with van der Waals surface area (Å²) in [5.41, 5.74) is 2.77. The number of aromatic nitrogens is 4. The maximum Gasteiger partial charge on any atom is 0.223 e. The van der Waals surface area contributed by atoms with Crippen LogP contribution in [0.1, 0.15) is 52.5 Å². The maximum atomic E-state index is 12.9. The van der Waals surface area contributed by atoms with Gasteiger partial charge < -0.3 is 9.69 Å². The van der Waals surface area contributed by atoms with Crippen LogP contribution in [0.15, 0.2) is 54.1 Å². The Hall–Kier alpha value is -3.35. The molecule has 1 amide bonds. The molecule has 32 heavy (non-hydrogen) atoms. The van der Waals surface area contributed by atoms with E-state index >= 15 is 0 Å². The van der Waals surface area contributed by atoms with Crippen molar-refractivity contribution in [3.8, 4) is 11.4 Å². The van der Waals surface area contributed by atoms with Gasteiger partial charge in [-0.05, 0) is 35.6 Å². The molecule has 0 aliphatic rings. The van der Waals surface area contributed by atoms with Crippen molar-refractivity contribution in [2.45, 2.75) is 53.0 Å². The van der Waals surface area contributed by atoms with Gasteiger partial charge in [0.15, 0.2) is 0 Å². The zero-order valence-corrected chi connectivity index (χ0v) is 19.4. The molecule has 0 spiro atoms. The van der Waals surface area contributed by atoms with E-state index in [0.717, 1.165) is 35.8 Å². The monoisotopic (exact) mass is 435 g/mol. The predicted octanol–water partition coefficient (Wildman–Crippen LogP) is 4.62. The van der Waals surface area contributed by atoms with E-state index in [1.807, 2.05) is 75.4 Å². The van der Waals surface area contributed by atoms with E-state index in [-0.39, 0.29) is 11.8 Å². The highest BCUT2D eigenvalue weighted by Crippen LogP contribution is 2.21. The Labute approximate surface area is 190 Å². The summed E-state index contributed by atoms with van der Waals surface area (Å²) in [5, 5.41) is 14.2. The van der Waals surface area contributed by atoms with Gasteiger partial charge in [-0.15, -0.1) is 10.2 Å². The first-order valence-corrected chi connectivity index (χ1v) is 11.1. The SMILES string of the molecule is C\C=C/C(=C\C=C\c1ccccc1-c1nn[nH]n1)CN(C(=O)CCCC)C(C=O)C(C)C. The molecule has 0 fully saturated rings. The fourth-order valence-electron chi connectivity index (χ4n) is 3.39. The van der Waals surface area contributed by atoms with E-state index in [0.29, 0.717) is 18.8 Å². The number of aldehydes is 1. The van der Waals surface area contributed by atoms with Gasteiger partial charge in [-0.3, -0.25) is 4.79 Å². The Bertz CT molecular complexity index is 945. The van der Waals surface area contributed by atoms with Gasteiger partial charge in [0.2, 0.25) is 11.7 Å². The fourth-order valence-corrected chi connectivity index (χ4v) is 3.39. The van der Waals surface area contributed by atoms with Crippen molar-refractivity contribution < 1.29 is 9.59 Å². The van der Waals surface area contributed by atoms with Gasteiger partial charge in [-0.25, -0.2) is 0 Å². The first-order valence-electron chi connectivity index (χ1n) is 11.1. The fraction of sp³-hybridized carbons (Fsp3) is 0.400. The van der Waals surface area contributed by atoms with E-state index in [1.54, 1.807) is 4.90 Å². The highest BCUT2D eigenvalue weighted by atomic mass is 16.2. The molecule has 0 saturated carbocycles. The van der Waals surface area contributed by atoms with Crippen LogP contribution in [0.4, 0.5) is 0 Å². The van der Waals surface area contributed by atoms with E-state index in [2.05, 4.69) is 27.5 Å². The van der Waals surface area contributed by atoms with Crippen LogP contribution in [-0.4, -0.2) is 50.3 Å². The third-order valence-corrected chi connectivity index (χ3v) is 5.11. The van der Waals surface area contributed by atoms with Crippen molar-refractivity contribution in [3.63, 3.8) is 0 Å². The minimum absolute atomic E-state index is 0.0134. The van der Waals surface area contributed by atoms with Crippen molar-refractivity contribution in [1.82, 2.24) is 25.5 Å². The lowest BCUT2D eigenvalue weighted by molar-refractivity contribution is -0.137. The van der Waals surface area contributed by atoms with Gasteiger partial charge in [-0.1, -0.05) is 81.8 Å². The third kappa shape index (κ3) is 7.11. The van der Waals surface area contributed by atoms with Gasteiger partial charge in [0, 0.05) is 18.5 Å². The van der Waals surface area contributed by atoms with Crippen LogP contribution in [0.3, 0.4) is 0 Å². The Morgan fingerprint density at radius 2 is 2.03 bits per heavy atom. The van der Waals surface area contributed by atoms with Crippen LogP contribution in [0.25, 0.3) is 17.5 Å². The van der Waals surface area contributed by atoms with Crippen molar-refractivity contribution in [1.29, 1.82) is 0 Å². The largest absolute Gasteiger partial charge is 0.328 e. The minimum Gasteiger partial charge on any atom is -0.328 e.